The number of allylic oxidation sites excluding steroid dienone is 1. The Morgan fingerprint density at radius 1 is 1.41 bits per heavy atom. The van der Waals surface area contributed by atoms with Gasteiger partial charge in [0, 0.05) is 6.04 Å². The summed E-state index contributed by atoms with van der Waals surface area (Å²) in [4.78, 5) is 0. The molecule has 17 heavy (non-hydrogen) atoms. The molecule has 1 aromatic rings. The topological polar surface area (TPSA) is 38.0 Å². The van der Waals surface area contributed by atoms with Crippen LogP contribution in [0.25, 0.3) is 0 Å². The number of nitrogens with two attached hydrogens (primary N) is 1. The zero-order valence-corrected chi connectivity index (χ0v) is 13.7. The number of unbranched alkanes of at least 4 members (excludes halogenated alkanes) is 3. The van der Waals surface area contributed by atoms with Gasteiger partial charge >= 0.3 is 0 Å². The summed E-state index contributed by atoms with van der Waals surface area (Å²) in [5, 5.41) is 0. The summed E-state index contributed by atoms with van der Waals surface area (Å²) in [5.41, 5.74) is 4.14. The quantitative estimate of drug-likeness (QED) is 0.290. The van der Waals surface area contributed by atoms with Gasteiger partial charge in [-0.3, -0.25) is 11.3 Å². The molecule has 0 radical (unpaired) electrons. The molecule has 0 aromatic carbocycles. The highest BCUT2D eigenvalue weighted by atomic mass is 79.9. The largest absolute Gasteiger partial charge is 0.271 e. The third-order valence-corrected chi connectivity index (χ3v) is 5.05. The van der Waals surface area contributed by atoms with E-state index in [0.717, 1.165) is 20.4 Å². The number of hydrogen-bond donors (Lipinski definition) is 2. The Morgan fingerprint density at radius 3 is 2.71 bits per heavy atom. The first kappa shape index (κ1) is 15.4. The summed E-state index contributed by atoms with van der Waals surface area (Å²) >= 11 is 8.75. The molecule has 5 heteroatoms. The predicted octanol–water partition coefficient (Wildman–Crippen LogP) is 4.91. The van der Waals surface area contributed by atoms with Gasteiger partial charge in [0.25, 0.3) is 0 Å². The van der Waals surface area contributed by atoms with Gasteiger partial charge in [-0.1, -0.05) is 18.9 Å². The minimum Gasteiger partial charge on any atom is -0.271 e. The zero-order valence-electron chi connectivity index (χ0n) is 9.72. The molecule has 96 valence electrons. The molecule has 1 atom stereocenters. The molecule has 3 N–H and O–H groups in total. The summed E-state index contributed by atoms with van der Waals surface area (Å²) in [5.74, 6) is 5.63. The van der Waals surface area contributed by atoms with E-state index in [2.05, 4.69) is 49.9 Å². The van der Waals surface area contributed by atoms with E-state index in [1.807, 2.05) is 6.08 Å². The van der Waals surface area contributed by atoms with E-state index in [4.69, 9.17) is 5.84 Å². The van der Waals surface area contributed by atoms with Crippen molar-refractivity contribution in [3.63, 3.8) is 0 Å². The number of halogens is 2. The average molecular weight is 382 g/mol. The molecule has 1 aromatic heterocycles. The number of thiophene rings is 1. The molecule has 0 bridgehead atoms. The fourth-order valence-corrected chi connectivity index (χ4v) is 4.71. The van der Waals surface area contributed by atoms with E-state index in [0.29, 0.717) is 0 Å². The second-order valence-corrected chi connectivity index (χ2v) is 7.67. The highest BCUT2D eigenvalue weighted by Gasteiger charge is 2.15. The van der Waals surface area contributed by atoms with Gasteiger partial charge in [-0.05, 0) is 62.8 Å². The van der Waals surface area contributed by atoms with E-state index < -0.39 is 0 Å². The molecular weight excluding hydrogens is 364 g/mol. The maximum Gasteiger partial charge on any atom is 0.0758 e. The molecule has 0 saturated carbocycles. The van der Waals surface area contributed by atoms with Crippen LogP contribution in [0.2, 0.25) is 0 Å². The van der Waals surface area contributed by atoms with Crippen LogP contribution in [0.4, 0.5) is 0 Å². The molecule has 0 amide bonds. The van der Waals surface area contributed by atoms with Crippen molar-refractivity contribution in [1.82, 2.24) is 5.43 Å². The Kier molecular flexibility index (Phi) is 7.62. The molecule has 2 nitrogen and oxygen atoms in total. The number of nitrogens with one attached hydrogen (secondary N) is 1. The van der Waals surface area contributed by atoms with Crippen molar-refractivity contribution < 1.29 is 0 Å². The smallest absolute Gasteiger partial charge is 0.0758 e. The predicted molar refractivity (Wildman–Crippen MR) is 83.1 cm³/mol. The van der Waals surface area contributed by atoms with Crippen molar-refractivity contribution >= 4 is 43.2 Å². The van der Waals surface area contributed by atoms with E-state index >= 15 is 0 Å². The maximum atomic E-state index is 5.63. The Hall–Kier alpha value is 0.320. The SMILES string of the molecule is C=CCCCCCC(NN)c1cc(Br)sc1Br. The molecule has 0 aliphatic rings. The summed E-state index contributed by atoms with van der Waals surface area (Å²) in [7, 11) is 0. The molecular formula is C12H18Br2N2S. The molecule has 1 rings (SSSR count). The van der Waals surface area contributed by atoms with Crippen LogP contribution in [-0.2, 0) is 0 Å². The first-order valence-electron chi connectivity index (χ1n) is 5.70. The molecule has 0 fully saturated rings. The van der Waals surface area contributed by atoms with Crippen LogP contribution in [0.5, 0.6) is 0 Å². The van der Waals surface area contributed by atoms with Crippen LogP contribution in [0.15, 0.2) is 26.3 Å². The number of hydrazine groups is 1. The standard InChI is InChI=1S/C12H18Br2N2S/c1-2-3-4-5-6-7-10(16-15)9-8-11(13)17-12(9)14/h2,8,10,16H,1,3-7,15H2. The zero-order chi connectivity index (χ0) is 12.7. The number of rotatable bonds is 8. The lowest BCUT2D eigenvalue weighted by atomic mass is 10.0. The third kappa shape index (κ3) is 5.22. The monoisotopic (exact) mass is 380 g/mol. The lowest BCUT2D eigenvalue weighted by Crippen LogP contribution is -2.27. The van der Waals surface area contributed by atoms with Crippen molar-refractivity contribution in [3.8, 4) is 0 Å². The van der Waals surface area contributed by atoms with Crippen molar-refractivity contribution in [2.75, 3.05) is 0 Å². The fraction of sp³-hybridized carbons (Fsp3) is 0.500. The van der Waals surface area contributed by atoms with Gasteiger partial charge in [0.05, 0.1) is 7.57 Å². The van der Waals surface area contributed by atoms with Crippen LogP contribution in [0.3, 0.4) is 0 Å². The first-order chi connectivity index (χ1) is 8.19. The Bertz CT molecular complexity index is 352. The summed E-state index contributed by atoms with van der Waals surface area (Å²) in [6.07, 6.45) is 7.78. The van der Waals surface area contributed by atoms with Crippen LogP contribution >= 0.6 is 43.2 Å². The van der Waals surface area contributed by atoms with E-state index in [1.54, 1.807) is 11.3 Å². The Labute approximate surface area is 124 Å². The maximum absolute atomic E-state index is 5.63. The van der Waals surface area contributed by atoms with Crippen LogP contribution in [-0.4, -0.2) is 0 Å². The van der Waals surface area contributed by atoms with Crippen LogP contribution in [0.1, 0.15) is 43.7 Å². The highest BCUT2D eigenvalue weighted by molar-refractivity contribution is 9.12. The van der Waals surface area contributed by atoms with Gasteiger partial charge in [-0.25, -0.2) is 0 Å². The third-order valence-electron chi connectivity index (χ3n) is 2.66. The van der Waals surface area contributed by atoms with Crippen LogP contribution < -0.4 is 11.3 Å². The molecule has 0 saturated heterocycles. The highest BCUT2D eigenvalue weighted by Crippen LogP contribution is 2.36. The van der Waals surface area contributed by atoms with Gasteiger partial charge in [0.2, 0.25) is 0 Å². The van der Waals surface area contributed by atoms with Gasteiger partial charge in [-0.15, -0.1) is 17.9 Å². The van der Waals surface area contributed by atoms with Gasteiger partial charge in [-0.2, -0.15) is 0 Å². The Morgan fingerprint density at radius 2 is 2.18 bits per heavy atom. The average Bonchev–Trinajstić information content (AvgIpc) is 2.63. The van der Waals surface area contributed by atoms with E-state index in [1.165, 1.54) is 24.8 Å². The van der Waals surface area contributed by atoms with E-state index in [9.17, 15) is 0 Å². The summed E-state index contributed by atoms with van der Waals surface area (Å²) in [6.45, 7) is 3.73. The molecule has 0 spiro atoms. The summed E-state index contributed by atoms with van der Waals surface area (Å²) in [6, 6.07) is 2.36. The van der Waals surface area contributed by atoms with Crippen molar-refractivity contribution in [2.45, 2.75) is 38.1 Å². The van der Waals surface area contributed by atoms with Gasteiger partial charge in [0.15, 0.2) is 0 Å². The second-order valence-electron chi connectivity index (χ2n) is 3.93. The minimum atomic E-state index is 0.232. The molecule has 1 heterocycles. The fourth-order valence-electron chi connectivity index (χ4n) is 1.73. The normalized spacial score (nSPS) is 12.6. The van der Waals surface area contributed by atoms with E-state index in [-0.39, 0.29) is 6.04 Å². The van der Waals surface area contributed by atoms with Crippen molar-refractivity contribution in [1.29, 1.82) is 0 Å². The second kappa shape index (κ2) is 8.43. The number of hydrogen-bond acceptors (Lipinski definition) is 3. The molecule has 1 unspecified atom stereocenters. The van der Waals surface area contributed by atoms with Crippen LogP contribution in [0, 0.1) is 0 Å². The van der Waals surface area contributed by atoms with Crippen molar-refractivity contribution in [3.05, 3.63) is 31.9 Å². The lowest BCUT2D eigenvalue weighted by molar-refractivity contribution is 0.484. The van der Waals surface area contributed by atoms with Crippen molar-refractivity contribution in [2.24, 2.45) is 5.84 Å². The Balaban J connectivity index is 2.43. The lowest BCUT2D eigenvalue weighted by Gasteiger charge is -2.15. The first-order valence-corrected chi connectivity index (χ1v) is 8.11. The molecule has 0 aliphatic heterocycles. The summed E-state index contributed by atoms with van der Waals surface area (Å²) < 4.78 is 2.28. The van der Waals surface area contributed by atoms with Gasteiger partial charge < -0.3 is 0 Å². The minimum absolute atomic E-state index is 0.232. The molecule has 0 aliphatic carbocycles. The van der Waals surface area contributed by atoms with Gasteiger partial charge in [0.1, 0.15) is 0 Å².